The fourth-order valence-corrected chi connectivity index (χ4v) is 4.54. The van der Waals surface area contributed by atoms with Crippen molar-refractivity contribution in [2.45, 2.75) is 44.4 Å². The van der Waals surface area contributed by atoms with Crippen LogP contribution < -0.4 is 0 Å². The van der Waals surface area contributed by atoms with Gasteiger partial charge in [0.1, 0.15) is 12.1 Å². The number of carbonyl (C=O) groups excluding carboxylic acids is 2. The van der Waals surface area contributed by atoms with E-state index >= 15 is 0 Å². The van der Waals surface area contributed by atoms with Crippen molar-refractivity contribution in [2.75, 3.05) is 0 Å². The van der Waals surface area contributed by atoms with Gasteiger partial charge in [-0.05, 0) is 30.4 Å². The van der Waals surface area contributed by atoms with E-state index in [4.69, 9.17) is 0 Å². The first-order chi connectivity index (χ1) is 11.6. The maximum Gasteiger partial charge on any atom is 0.140 e. The van der Waals surface area contributed by atoms with Gasteiger partial charge in [-0.25, -0.2) is 0 Å². The zero-order valence-electron chi connectivity index (χ0n) is 14.2. The molecule has 0 amide bonds. The summed E-state index contributed by atoms with van der Waals surface area (Å²) in [5.41, 5.74) is 1.43. The van der Waals surface area contributed by atoms with Crippen molar-refractivity contribution in [3.63, 3.8) is 0 Å². The Labute approximate surface area is 143 Å². The molecule has 0 N–H and O–H groups in total. The predicted molar refractivity (Wildman–Crippen MR) is 95.9 cm³/mol. The van der Waals surface area contributed by atoms with Gasteiger partial charge in [0.25, 0.3) is 0 Å². The van der Waals surface area contributed by atoms with E-state index in [2.05, 4.69) is 31.2 Å². The van der Waals surface area contributed by atoms with Crippen molar-refractivity contribution in [3.8, 4) is 0 Å². The molecule has 2 heteroatoms. The first kappa shape index (κ1) is 16.6. The summed E-state index contributed by atoms with van der Waals surface area (Å²) in [7, 11) is 0. The molecule has 0 aliphatic heterocycles. The highest BCUT2D eigenvalue weighted by molar-refractivity contribution is 5.88. The van der Waals surface area contributed by atoms with Crippen molar-refractivity contribution < 1.29 is 9.59 Å². The van der Waals surface area contributed by atoms with Crippen LogP contribution in [0, 0.1) is 5.41 Å². The average Bonchev–Trinajstić information content (AvgIpc) is 2.64. The van der Waals surface area contributed by atoms with Crippen molar-refractivity contribution in [3.05, 3.63) is 71.8 Å². The van der Waals surface area contributed by atoms with Crippen LogP contribution in [0.4, 0.5) is 0 Å². The largest absolute Gasteiger partial charge is 0.303 e. The van der Waals surface area contributed by atoms with Crippen LogP contribution in [0.25, 0.3) is 0 Å². The minimum Gasteiger partial charge on any atom is -0.303 e. The van der Waals surface area contributed by atoms with E-state index in [0.717, 1.165) is 19.1 Å². The Morgan fingerprint density at radius 3 is 2.00 bits per heavy atom. The van der Waals surface area contributed by atoms with Gasteiger partial charge in [0.05, 0.1) is 0 Å². The second kappa shape index (κ2) is 6.72. The summed E-state index contributed by atoms with van der Waals surface area (Å²) < 4.78 is 0. The van der Waals surface area contributed by atoms with Gasteiger partial charge < -0.3 is 4.79 Å². The van der Waals surface area contributed by atoms with Gasteiger partial charge in [0, 0.05) is 23.7 Å². The number of ketones is 1. The van der Waals surface area contributed by atoms with E-state index in [1.807, 2.05) is 36.4 Å². The first-order valence-corrected chi connectivity index (χ1v) is 8.73. The zero-order valence-corrected chi connectivity index (χ0v) is 14.2. The van der Waals surface area contributed by atoms with Crippen LogP contribution in [-0.2, 0) is 15.0 Å². The second-order valence-electron chi connectivity index (χ2n) is 6.95. The molecule has 0 aromatic heterocycles. The Bertz CT molecular complexity index is 666. The maximum atomic E-state index is 13.1. The third-order valence-electron chi connectivity index (χ3n) is 5.81. The second-order valence-corrected chi connectivity index (χ2v) is 6.95. The van der Waals surface area contributed by atoms with Gasteiger partial charge in [0.2, 0.25) is 0 Å². The van der Waals surface area contributed by atoms with E-state index in [1.54, 1.807) is 0 Å². The molecule has 1 fully saturated rings. The lowest BCUT2D eigenvalue weighted by molar-refractivity contribution is -0.135. The van der Waals surface area contributed by atoms with E-state index in [1.165, 1.54) is 11.1 Å². The summed E-state index contributed by atoms with van der Waals surface area (Å²) in [6.07, 6.45) is 4.38. The standard InChI is InChI=1S/C22H24O2/c1-21(15-9-17-23)20(24)14-8-16-22(21,18-10-4-2-5-11-18)19-12-6-3-7-13-19/h2-7,10-13,17H,8-9,14-16H2,1H3. The summed E-state index contributed by atoms with van der Waals surface area (Å²) in [5.74, 6) is 0.281. The van der Waals surface area contributed by atoms with Crippen LogP contribution in [0.2, 0.25) is 0 Å². The molecular formula is C22H24O2. The summed E-state index contributed by atoms with van der Waals surface area (Å²) in [5, 5.41) is 0. The zero-order chi connectivity index (χ0) is 17.0. The third kappa shape index (κ3) is 2.50. The Morgan fingerprint density at radius 1 is 0.958 bits per heavy atom. The lowest BCUT2D eigenvalue weighted by atomic mass is 9.49. The SMILES string of the molecule is CC1(CCC=O)C(=O)CCCC1(c1ccccc1)c1ccccc1. The molecule has 0 saturated heterocycles. The summed E-state index contributed by atoms with van der Waals surface area (Å²) >= 11 is 0. The van der Waals surface area contributed by atoms with E-state index in [-0.39, 0.29) is 11.2 Å². The van der Waals surface area contributed by atoms with Gasteiger partial charge in [0.15, 0.2) is 0 Å². The van der Waals surface area contributed by atoms with Gasteiger partial charge >= 0.3 is 0 Å². The normalized spacial score (nSPS) is 23.0. The molecule has 2 aromatic rings. The van der Waals surface area contributed by atoms with Gasteiger partial charge in [-0.2, -0.15) is 0 Å². The summed E-state index contributed by atoms with van der Waals surface area (Å²) in [6.45, 7) is 2.07. The number of carbonyl (C=O) groups is 2. The predicted octanol–water partition coefficient (Wildman–Crippen LogP) is 4.71. The van der Waals surface area contributed by atoms with Crippen LogP contribution >= 0.6 is 0 Å². The number of hydrogen-bond acceptors (Lipinski definition) is 2. The molecule has 1 unspecified atom stereocenters. The lowest BCUT2D eigenvalue weighted by Gasteiger charge is -2.52. The number of Topliss-reactive ketones (excluding diaryl/α,β-unsaturated/α-hetero) is 1. The highest BCUT2D eigenvalue weighted by Gasteiger charge is 2.55. The molecule has 0 heterocycles. The van der Waals surface area contributed by atoms with Crippen LogP contribution in [0.5, 0.6) is 0 Å². The molecule has 1 aliphatic rings. The minimum atomic E-state index is -0.561. The minimum absolute atomic E-state index is 0.281. The molecule has 0 bridgehead atoms. The fourth-order valence-electron chi connectivity index (χ4n) is 4.54. The number of aldehydes is 1. The molecule has 2 aromatic carbocycles. The number of rotatable bonds is 5. The van der Waals surface area contributed by atoms with E-state index in [9.17, 15) is 9.59 Å². The van der Waals surface area contributed by atoms with Crippen LogP contribution in [0.15, 0.2) is 60.7 Å². The highest BCUT2D eigenvalue weighted by atomic mass is 16.1. The van der Waals surface area contributed by atoms with Crippen molar-refractivity contribution in [1.82, 2.24) is 0 Å². The highest BCUT2D eigenvalue weighted by Crippen LogP contribution is 2.56. The molecule has 0 spiro atoms. The van der Waals surface area contributed by atoms with Crippen LogP contribution in [0.3, 0.4) is 0 Å². The molecule has 1 saturated carbocycles. The third-order valence-corrected chi connectivity index (χ3v) is 5.81. The van der Waals surface area contributed by atoms with E-state index in [0.29, 0.717) is 19.3 Å². The topological polar surface area (TPSA) is 34.1 Å². The molecule has 3 rings (SSSR count). The Balaban J connectivity index is 2.26. The van der Waals surface area contributed by atoms with Gasteiger partial charge in [-0.3, -0.25) is 4.79 Å². The molecule has 24 heavy (non-hydrogen) atoms. The van der Waals surface area contributed by atoms with Gasteiger partial charge in [-0.1, -0.05) is 67.6 Å². The summed E-state index contributed by atoms with van der Waals surface area (Å²) in [4.78, 5) is 24.1. The van der Waals surface area contributed by atoms with Crippen molar-refractivity contribution >= 4 is 12.1 Å². The van der Waals surface area contributed by atoms with Gasteiger partial charge in [-0.15, -0.1) is 0 Å². The van der Waals surface area contributed by atoms with Crippen LogP contribution in [0.1, 0.15) is 50.2 Å². The Hall–Kier alpha value is -2.22. The molecule has 0 radical (unpaired) electrons. The van der Waals surface area contributed by atoms with Crippen molar-refractivity contribution in [2.24, 2.45) is 5.41 Å². The van der Waals surface area contributed by atoms with E-state index < -0.39 is 5.41 Å². The van der Waals surface area contributed by atoms with Crippen LogP contribution in [-0.4, -0.2) is 12.1 Å². The summed E-state index contributed by atoms with van der Waals surface area (Å²) in [6, 6.07) is 20.7. The average molecular weight is 320 g/mol. The lowest BCUT2D eigenvalue weighted by Crippen LogP contribution is -2.52. The number of hydrogen-bond donors (Lipinski definition) is 0. The molecule has 2 nitrogen and oxygen atoms in total. The van der Waals surface area contributed by atoms with Crippen molar-refractivity contribution in [1.29, 1.82) is 0 Å². The smallest absolute Gasteiger partial charge is 0.140 e. The Morgan fingerprint density at radius 2 is 1.50 bits per heavy atom. The molecule has 1 aliphatic carbocycles. The molecule has 1 atom stereocenters. The number of benzene rings is 2. The quantitative estimate of drug-likeness (QED) is 0.748. The fraction of sp³-hybridized carbons (Fsp3) is 0.364. The molecular weight excluding hydrogens is 296 g/mol. The maximum absolute atomic E-state index is 13.1. The molecule has 124 valence electrons. The monoisotopic (exact) mass is 320 g/mol. The Kier molecular flexibility index (Phi) is 4.66. The first-order valence-electron chi connectivity index (χ1n) is 8.73.